The van der Waals surface area contributed by atoms with Crippen molar-refractivity contribution in [2.24, 2.45) is 0 Å². The molecule has 0 saturated carbocycles. The minimum absolute atomic E-state index is 0.00168. The van der Waals surface area contributed by atoms with Crippen LogP contribution in [-0.4, -0.2) is 60.9 Å². The van der Waals surface area contributed by atoms with Crippen LogP contribution >= 0.6 is 0 Å². The highest BCUT2D eigenvalue weighted by Gasteiger charge is 2.30. The van der Waals surface area contributed by atoms with Gasteiger partial charge >= 0.3 is 0 Å². The number of para-hydroxylation sites is 1. The van der Waals surface area contributed by atoms with E-state index >= 15 is 0 Å². The van der Waals surface area contributed by atoms with Gasteiger partial charge < -0.3 is 14.8 Å². The zero-order valence-corrected chi connectivity index (χ0v) is 24.3. The highest BCUT2D eigenvalue weighted by molar-refractivity contribution is 7.92. The van der Waals surface area contributed by atoms with Gasteiger partial charge in [-0.1, -0.05) is 24.6 Å². The van der Waals surface area contributed by atoms with E-state index in [0.29, 0.717) is 30.1 Å². The van der Waals surface area contributed by atoms with E-state index in [1.54, 1.807) is 43.3 Å². The van der Waals surface area contributed by atoms with E-state index in [4.69, 9.17) is 9.47 Å². The molecule has 1 N–H and O–H groups in total. The van der Waals surface area contributed by atoms with Crippen LogP contribution < -0.4 is 19.1 Å². The molecule has 10 nitrogen and oxygen atoms in total. The van der Waals surface area contributed by atoms with Crippen LogP contribution in [0.2, 0.25) is 0 Å². The molecule has 40 heavy (non-hydrogen) atoms. The second-order valence-electron chi connectivity index (χ2n) is 9.36. The van der Waals surface area contributed by atoms with Gasteiger partial charge in [0.2, 0.25) is 15.9 Å². The van der Waals surface area contributed by atoms with Crippen molar-refractivity contribution in [1.82, 2.24) is 4.31 Å². The summed E-state index contributed by atoms with van der Waals surface area (Å²) in [6, 6.07) is 17.1. The molecule has 0 unspecified atom stereocenters. The van der Waals surface area contributed by atoms with Gasteiger partial charge in [0.25, 0.3) is 10.0 Å². The number of benzene rings is 3. The standard InChI is InChI=1S/C28H33N3O7S2/c1-21-18-24(13-15-25(21)37-2)39(33,34)31(23-10-6-4-7-11-23)20-28(32)29-22-12-14-26(38-3)27(19-22)40(35,36)30-16-8-5-9-17-30/h4,6-7,10-15,18-19H,5,8-9,16-17,20H2,1-3H3,(H,29,32). The number of methoxy groups -OCH3 is 2. The molecular weight excluding hydrogens is 554 g/mol. The maximum atomic E-state index is 13.7. The number of hydrogen-bond acceptors (Lipinski definition) is 7. The van der Waals surface area contributed by atoms with Gasteiger partial charge in [0.15, 0.2) is 0 Å². The number of amides is 1. The monoisotopic (exact) mass is 587 g/mol. The number of sulfonamides is 2. The van der Waals surface area contributed by atoms with Crippen molar-refractivity contribution >= 4 is 37.3 Å². The molecule has 4 rings (SSSR count). The average molecular weight is 588 g/mol. The molecule has 0 aromatic heterocycles. The molecular formula is C28H33N3O7S2. The van der Waals surface area contributed by atoms with Crippen molar-refractivity contribution in [3.8, 4) is 11.5 Å². The van der Waals surface area contributed by atoms with Crippen LogP contribution in [0, 0.1) is 6.92 Å². The van der Waals surface area contributed by atoms with E-state index in [0.717, 1.165) is 23.6 Å². The topological polar surface area (TPSA) is 122 Å². The fourth-order valence-electron chi connectivity index (χ4n) is 4.58. The fraction of sp³-hybridized carbons (Fsp3) is 0.321. The molecule has 0 radical (unpaired) electrons. The number of aryl methyl sites for hydroxylation is 1. The van der Waals surface area contributed by atoms with E-state index in [9.17, 15) is 21.6 Å². The van der Waals surface area contributed by atoms with Gasteiger partial charge in [0, 0.05) is 18.8 Å². The minimum atomic E-state index is -4.15. The number of rotatable bonds is 10. The number of ether oxygens (including phenoxy) is 2. The highest BCUT2D eigenvalue weighted by Crippen LogP contribution is 2.32. The van der Waals surface area contributed by atoms with Crippen LogP contribution in [0.4, 0.5) is 11.4 Å². The minimum Gasteiger partial charge on any atom is -0.496 e. The average Bonchev–Trinajstić information content (AvgIpc) is 2.96. The van der Waals surface area contributed by atoms with E-state index in [1.807, 2.05) is 0 Å². The van der Waals surface area contributed by atoms with Gasteiger partial charge in [0.1, 0.15) is 22.9 Å². The first kappa shape index (κ1) is 29.4. The summed E-state index contributed by atoms with van der Waals surface area (Å²) in [4.78, 5) is 13.2. The van der Waals surface area contributed by atoms with Crippen molar-refractivity contribution in [3.05, 3.63) is 72.3 Å². The molecule has 0 atom stereocenters. The lowest BCUT2D eigenvalue weighted by Crippen LogP contribution is -2.38. The number of nitrogens with one attached hydrogen (secondary N) is 1. The summed E-state index contributed by atoms with van der Waals surface area (Å²) < 4.78 is 67.2. The molecule has 0 bridgehead atoms. The summed E-state index contributed by atoms with van der Waals surface area (Å²) >= 11 is 0. The van der Waals surface area contributed by atoms with Gasteiger partial charge in [0.05, 0.1) is 24.8 Å². The van der Waals surface area contributed by atoms with Gasteiger partial charge in [-0.2, -0.15) is 4.31 Å². The predicted molar refractivity (Wildman–Crippen MR) is 153 cm³/mol. The predicted octanol–water partition coefficient (Wildman–Crippen LogP) is 4.02. The largest absolute Gasteiger partial charge is 0.496 e. The van der Waals surface area contributed by atoms with Crippen LogP contribution in [0.3, 0.4) is 0 Å². The Morgan fingerprint density at radius 3 is 2.15 bits per heavy atom. The molecule has 214 valence electrons. The Bertz CT molecular complexity index is 1570. The molecule has 1 fully saturated rings. The van der Waals surface area contributed by atoms with E-state index in [1.165, 1.54) is 48.9 Å². The number of carbonyl (C=O) groups is 1. The summed E-state index contributed by atoms with van der Waals surface area (Å²) in [6.45, 7) is 2.02. The van der Waals surface area contributed by atoms with Crippen molar-refractivity contribution in [1.29, 1.82) is 0 Å². The van der Waals surface area contributed by atoms with Crippen LogP contribution in [0.5, 0.6) is 11.5 Å². The van der Waals surface area contributed by atoms with E-state index in [2.05, 4.69) is 5.32 Å². The maximum absolute atomic E-state index is 13.7. The number of anilines is 2. The first-order chi connectivity index (χ1) is 19.1. The lowest BCUT2D eigenvalue weighted by molar-refractivity contribution is -0.114. The fourth-order valence-corrected chi connectivity index (χ4v) is 7.78. The van der Waals surface area contributed by atoms with Crippen molar-refractivity contribution in [2.45, 2.75) is 36.0 Å². The third-order valence-corrected chi connectivity index (χ3v) is 10.4. The molecule has 0 spiro atoms. The van der Waals surface area contributed by atoms with Gasteiger partial charge in [-0.25, -0.2) is 16.8 Å². The normalized spacial score (nSPS) is 14.4. The zero-order valence-electron chi connectivity index (χ0n) is 22.7. The Kier molecular flexibility index (Phi) is 9.02. The molecule has 3 aromatic rings. The van der Waals surface area contributed by atoms with Gasteiger partial charge in [-0.3, -0.25) is 9.10 Å². The number of piperidine rings is 1. The zero-order chi connectivity index (χ0) is 28.9. The summed E-state index contributed by atoms with van der Waals surface area (Å²) in [5.41, 5.74) is 1.13. The van der Waals surface area contributed by atoms with Crippen molar-refractivity contribution in [3.63, 3.8) is 0 Å². The maximum Gasteiger partial charge on any atom is 0.264 e. The Morgan fingerprint density at radius 1 is 0.875 bits per heavy atom. The quantitative estimate of drug-likeness (QED) is 0.380. The number of hydrogen-bond donors (Lipinski definition) is 1. The lowest BCUT2D eigenvalue weighted by Gasteiger charge is -2.27. The Balaban J connectivity index is 1.63. The second kappa shape index (κ2) is 12.3. The lowest BCUT2D eigenvalue weighted by atomic mass is 10.2. The molecule has 0 aliphatic carbocycles. The first-order valence-corrected chi connectivity index (χ1v) is 15.7. The molecule has 1 aliphatic rings. The third kappa shape index (κ3) is 6.24. The van der Waals surface area contributed by atoms with Crippen LogP contribution in [0.1, 0.15) is 24.8 Å². The summed E-state index contributed by atoms with van der Waals surface area (Å²) in [6.07, 6.45) is 2.52. The Labute approximate surface area is 235 Å². The van der Waals surface area contributed by atoms with Crippen LogP contribution in [0.25, 0.3) is 0 Å². The first-order valence-electron chi connectivity index (χ1n) is 12.8. The summed E-state index contributed by atoms with van der Waals surface area (Å²) in [5.74, 6) is 0.0499. The Hall–Kier alpha value is -3.61. The van der Waals surface area contributed by atoms with Crippen LogP contribution in [0.15, 0.2) is 76.5 Å². The number of nitrogens with zero attached hydrogens (tertiary/aromatic N) is 2. The molecule has 1 amide bonds. The van der Waals surface area contributed by atoms with Gasteiger partial charge in [-0.05, 0) is 73.9 Å². The summed E-state index contributed by atoms with van der Waals surface area (Å²) in [5, 5.41) is 2.66. The van der Waals surface area contributed by atoms with Gasteiger partial charge in [-0.15, -0.1) is 0 Å². The van der Waals surface area contributed by atoms with E-state index in [-0.39, 0.29) is 21.2 Å². The molecule has 1 heterocycles. The van der Waals surface area contributed by atoms with Crippen LogP contribution in [-0.2, 0) is 24.8 Å². The molecule has 1 saturated heterocycles. The Morgan fingerprint density at radius 2 is 1.52 bits per heavy atom. The van der Waals surface area contributed by atoms with E-state index < -0.39 is 32.5 Å². The third-order valence-electron chi connectivity index (χ3n) is 6.67. The second-order valence-corrected chi connectivity index (χ2v) is 13.1. The molecule has 12 heteroatoms. The molecule has 3 aromatic carbocycles. The smallest absolute Gasteiger partial charge is 0.264 e. The van der Waals surface area contributed by atoms with Crippen molar-refractivity contribution < 1.29 is 31.1 Å². The number of carbonyl (C=O) groups excluding carboxylic acids is 1. The summed E-state index contributed by atoms with van der Waals surface area (Å²) in [7, 11) is -5.13. The molecule has 1 aliphatic heterocycles. The highest BCUT2D eigenvalue weighted by atomic mass is 32.2. The SMILES string of the molecule is COc1ccc(S(=O)(=O)N(CC(=O)Nc2ccc(OC)c(S(=O)(=O)N3CCCCC3)c2)c2ccccc2)cc1C. The van der Waals surface area contributed by atoms with Crippen molar-refractivity contribution in [2.75, 3.05) is 43.5 Å².